The first-order chi connectivity index (χ1) is 16.0. The highest BCUT2D eigenvalue weighted by molar-refractivity contribution is 7.79. The third kappa shape index (κ3) is 8.54. The molecule has 0 bridgehead atoms. The molecule has 1 saturated heterocycles. The van der Waals surface area contributed by atoms with Crippen molar-refractivity contribution < 1.29 is 21.9 Å². The van der Waals surface area contributed by atoms with Crippen molar-refractivity contribution in [2.75, 3.05) is 36.8 Å². The van der Waals surface area contributed by atoms with Crippen molar-refractivity contribution in [1.82, 2.24) is 14.9 Å². The Balaban J connectivity index is 0.00000106. The number of nitrogen functional groups attached to an aromatic ring is 1. The quantitative estimate of drug-likeness (QED) is 0.524. The summed E-state index contributed by atoms with van der Waals surface area (Å²) in [6.45, 7) is 2.95. The number of hydrogen-bond donors (Lipinski definition) is 1. The maximum atomic E-state index is 12.4. The zero-order valence-corrected chi connectivity index (χ0v) is 19.7. The Bertz CT molecular complexity index is 1030. The first kappa shape index (κ1) is 26.9. The normalized spacial score (nSPS) is 13.8. The van der Waals surface area contributed by atoms with Crippen molar-refractivity contribution in [3.05, 3.63) is 78.8 Å². The van der Waals surface area contributed by atoms with Crippen LogP contribution < -0.4 is 10.6 Å². The molecular weight excluding hydrogens is 454 g/mol. The van der Waals surface area contributed by atoms with Crippen molar-refractivity contribution in [2.45, 2.75) is 24.2 Å². The molecule has 0 saturated carbocycles. The average molecular weight is 489 g/mol. The Hall–Kier alpha value is -3.34. The summed E-state index contributed by atoms with van der Waals surface area (Å²) in [6.07, 6.45) is 5.40. The summed E-state index contributed by atoms with van der Waals surface area (Å²) in [5, 5.41) is 0. The molecule has 1 fully saturated rings. The second-order valence-corrected chi connectivity index (χ2v) is 8.51. The fraction of sp³-hybridized carbons (Fsp3) is 0.292. The SMILES string of the molecule is Nc1ccncn1.O.O=C(CCCc1ccccc1)N1CCN(c2ccc(S(=O)[O-])cc2)CC1.[HH].[HH]. The van der Waals surface area contributed by atoms with E-state index in [9.17, 15) is 13.6 Å². The number of aryl methyl sites for hydroxylation is 1. The van der Waals surface area contributed by atoms with Crippen LogP contribution in [0.3, 0.4) is 0 Å². The Morgan fingerprint density at radius 1 is 1.03 bits per heavy atom. The topological polar surface area (TPSA) is 147 Å². The molecule has 1 aliphatic heterocycles. The molecule has 4 N–H and O–H groups in total. The number of hydrogen-bond acceptors (Lipinski definition) is 7. The fourth-order valence-corrected chi connectivity index (χ4v) is 3.89. The van der Waals surface area contributed by atoms with E-state index in [4.69, 9.17) is 5.73 Å². The first-order valence-corrected chi connectivity index (χ1v) is 11.9. The van der Waals surface area contributed by atoms with Gasteiger partial charge >= 0.3 is 0 Å². The lowest BCUT2D eigenvalue weighted by molar-refractivity contribution is -0.131. The monoisotopic (exact) mass is 488 g/mol. The van der Waals surface area contributed by atoms with E-state index >= 15 is 0 Å². The number of piperazine rings is 1. The molecule has 1 amide bonds. The van der Waals surface area contributed by atoms with Crippen molar-refractivity contribution in [3.63, 3.8) is 0 Å². The number of nitrogens with zero attached hydrogens (tertiary/aromatic N) is 4. The Kier molecular flexibility index (Phi) is 11.1. The standard InChI is InChI=1S/C20H24N2O3S.C4H5N3.H2O.2H2/c23-20(8-4-7-17-5-2-1-3-6-17)22-15-13-21(14-16-22)18-9-11-19(12-10-18)26(24)25;5-4-1-2-6-3-7-4;;;/h1-3,5-6,9-12H,4,7-8,13-16H2,(H,24,25);1-3H,(H2,5,6,7);1H2;2*1H/p-1. The number of nitrogens with two attached hydrogens (primary N) is 1. The van der Waals surface area contributed by atoms with Gasteiger partial charge in [-0.05, 0) is 59.8 Å². The van der Waals surface area contributed by atoms with Crippen molar-refractivity contribution >= 4 is 28.5 Å². The molecule has 186 valence electrons. The van der Waals surface area contributed by atoms with Gasteiger partial charge in [-0.2, -0.15) is 0 Å². The summed E-state index contributed by atoms with van der Waals surface area (Å²) < 4.78 is 21.9. The van der Waals surface area contributed by atoms with Gasteiger partial charge in [0.25, 0.3) is 0 Å². The molecule has 0 aliphatic carbocycles. The van der Waals surface area contributed by atoms with Crippen LogP contribution in [0, 0.1) is 0 Å². The minimum atomic E-state index is -2.19. The number of anilines is 2. The Labute approximate surface area is 205 Å². The van der Waals surface area contributed by atoms with Gasteiger partial charge in [-0.3, -0.25) is 9.00 Å². The van der Waals surface area contributed by atoms with Crippen molar-refractivity contribution in [3.8, 4) is 0 Å². The molecule has 34 heavy (non-hydrogen) atoms. The molecule has 1 aliphatic rings. The van der Waals surface area contributed by atoms with E-state index in [1.165, 1.54) is 11.9 Å². The van der Waals surface area contributed by atoms with E-state index in [2.05, 4.69) is 27.0 Å². The minimum absolute atomic E-state index is 0. The van der Waals surface area contributed by atoms with Crippen LogP contribution in [0.15, 0.2) is 78.1 Å². The highest BCUT2D eigenvalue weighted by Gasteiger charge is 2.20. The van der Waals surface area contributed by atoms with Crippen LogP contribution in [0.2, 0.25) is 0 Å². The highest BCUT2D eigenvalue weighted by Crippen LogP contribution is 2.19. The molecule has 1 aromatic heterocycles. The molecule has 10 heteroatoms. The van der Waals surface area contributed by atoms with Gasteiger partial charge in [0.1, 0.15) is 12.1 Å². The van der Waals surface area contributed by atoms with Gasteiger partial charge in [-0.25, -0.2) is 9.97 Å². The van der Waals surface area contributed by atoms with Crippen LogP contribution >= 0.6 is 0 Å². The van der Waals surface area contributed by atoms with E-state index in [0.717, 1.165) is 31.6 Å². The molecule has 1 unspecified atom stereocenters. The fourth-order valence-electron chi connectivity index (χ4n) is 3.53. The largest absolute Gasteiger partial charge is 0.768 e. The van der Waals surface area contributed by atoms with E-state index in [0.29, 0.717) is 30.2 Å². The van der Waals surface area contributed by atoms with Crippen LogP contribution in [-0.4, -0.2) is 61.2 Å². The average Bonchev–Trinajstić information content (AvgIpc) is 2.86. The van der Waals surface area contributed by atoms with Crippen LogP contribution in [0.5, 0.6) is 0 Å². The van der Waals surface area contributed by atoms with E-state index in [1.54, 1.807) is 24.4 Å². The zero-order valence-electron chi connectivity index (χ0n) is 18.9. The van der Waals surface area contributed by atoms with Gasteiger partial charge in [0.2, 0.25) is 5.91 Å². The van der Waals surface area contributed by atoms with E-state index in [1.807, 2.05) is 35.2 Å². The Morgan fingerprint density at radius 3 is 2.24 bits per heavy atom. The summed E-state index contributed by atoms with van der Waals surface area (Å²) in [7, 11) is 0. The van der Waals surface area contributed by atoms with Gasteiger partial charge in [0, 0.05) is 52.2 Å². The second kappa shape index (κ2) is 14.0. The molecule has 2 aromatic carbocycles. The summed E-state index contributed by atoms with van der Waals surface area (Å²) in [6, 6.07) is 18.7. The smallest absolute Gasteiger partial charge is 0.222 e. The van der Waals surface area contributed by atoms with Crippen LogP contribution in [0.25, 0.3) is 0 Å². The first-order valence-electron chi connectivity index (χ1n) is 10.8. The third-order valence-corrected chi connectivity index (χ3v) is 5.99. The number of carbonyl (C=O) groups excluding carboxylic acids is 1. The molecule has 9 nitrogen and oxygen atoms in total. The molecule has 1 atom stereocenters. The number of benzene rings is 2. The van der Waals surface area contributed by atoms with Gasteiger partial charge in [0.05, 0.1) is 0 Å². The summed E-state index contributed by atoms with van der Waals surface area (Å²) in [5.74, 6) is 0.729. The Morgan fingerprint density at radius 2 is 1.71 bits per heavy atom. The minimum Gasteiger partial charge on any atom is -0.768 e. The van der Waals surface area contributed by atoms with Crippen LogP contribution in [0.4, 0.5) is 11.5 Å². The van der Waals surface area contributed by atoms with Gasteiger partial charge < -0.3 is 25.6 Å². The van der Waals surface area contributed by atoms with Gasteiger partial charge in [-0.1, -0.05) is 30.3 Å². The molecule has 0 radical (unpaired) electrons. The number of amides is 1. The second-order valence-electron chi connectivity index (χ2n) is 7.57. The summed E-state index contributed by atoms with van der Waals surface area (Å²) >= 11 is -2.19. The molecule has 3 aromatic rings. The van der Waals surface area contributed by atoms with Gasteiger partial charge in [-0.15, -0.1) is 0 Å². The molecular formula is C24H34N5O4S-. The highest BCUT2D eigenvalue weighted by atomic mass is 32.2. The summed E-state index contributed by atoms with van der Waals surface area (Å²) in [4.78, 5) is 24.1. The summed E-state index contributed by atoms with van der Waals surface area (Å²) in [5.41, 5.74) is 7.47. The number of carbonyl (C=O) groups is 1. The maximum Gasteiger partial charge on any atom is 0.222 e. The zero-order chi connectivity index (χ0) is 23.5. The lowest BCUT2D eigenvalue weighted by atomic mass is 10.1. The van der Waals surface area contributed by atoms with Crippen LogP contribution in [-0.2, 0) is 22.3 Å². The van der Waals surface area contributed by atoms with Gasteiger partial charge in [0.15, 0.2) is 0 Å². The third-order valence-electron chi connectivity index (χ3n) is 5.33. The predicted octanol–water partition coefficient (Wildman–Crippen LogP) is 2.32. The van der Waals surface area contributed by atoms with E-state index < -0.39 is 11.1 Å². The van der Waals surface area contributed by atoms with Crippen molar-refractivity contribution in [2.24, 2.45) is 0 Å². The van der Waals surface area contributed by atoms with Crippen LogP contribution in [0.1, 0.15) is 21.3 Å². The molecule has 0 spiro atoms. The lowest BCUT2D eigenvalue weighted by Gasteiger charge is -2.36. The number of aromatic nitrogens is 2. The maximum absolute atomic E-state index is 12.4. The van der Waals surface area contributed by atoms with Crippen molar-refractivity contribution in [1.29, 1.82) is 0 Å². The molecule has 4 rings (SSSR count). The van der Waals surface area contributed by atoms with E-state index in [-0.39, 0.29) is 14.2 Å². The predicted molar refractivity (Wildman–Crippen MR) is 136 cm³/mol. The lowest BCUT2D eigenvalue weighted by Crippen LogP contribution is -2.48. The molecule has 2 heterocycles. The number of rotatable bonds is 6.